The van der Waals surface area contributed by atoms with Crippen molar-refractivity contribution < 1.29 is 32.9 Å². The van der Waals surface area contributed by atoms with Crippen molar-refractivity contribution in [2.24, 2.45) is 5.92 Å². The van der Waals surface area contributed by atoms with E-state index in [1.54, 1.807) is 40.5 Å². The van der Waals surface area contributed by atoms with E-state index >= 15 is 4.39 Å². The maximum atomic E-state index is 16.2. The van der Waals surface area contributed by atoms with Crippen molar-refractivity contribution in [1.82, 2.24) is 9.58 Å². The Bertz CT molecular complexity index is 1770. The monoisotopic (exact) mass is 633 g/mol. The molecule has 6 heterocycles. The van der Waals surface area contributed by atoms with Gasteiger partial charge in [-0.3, -0.25) is 19.3 Å². The van der Waals surface area contributed by atoms with Crippen LogP contribution >= 0.6 is 11.8 Å². The lowest BCUT2D eigenvalue weighted by Gasteiger charge is -2.57. The third kappa shape index (κ3) is 4.36. The van der Waals surface area contributed by atoms with Gasteiger partial charge in [-0.15, -0.1) is 11.8 Å². The number of piperidine rings is 1. The van der Waals surface area contributed by atoms with E-state index in [1.165, 1.54) is 12.1 Å². The number of carbonyl (C=O) groups is 2. The molecule has 1 spiro atoms. The van der Waals surface area contributed by atoms with Crippen LogP contribution in [0.3, 0.4) is 0 Å². The molecule has 0 aliphatic carbocycles. The fraction of sp³-hybridized carbons (Fsp3) is 0.424. The number of fused-ring (bicyclic) bond motifs is 6. The zero-order chi connectivity index (χ0) is 30.9. The number of hydrogen-bond donors (Lipinski definition) is 0. The van der Waals surface area contributed by atoms with E-state index in [4.69, 9.17) is 18.9 Å². The first-order valence-corrected chi connectivity index (χ1v) is 16.3. The number of thioether (sulfide) groups is 1. The van der Waals surface area contributed by atoms with Gasteiger partial charge in [0.2, 0.25) is 18.0 Å². The maximum absolute atomic E-state index is 16.2. The number of amides is 1. The van der Waals surface area contributed by atoms with Crippen LogP contribution in [0.15, 0.2) is 64.4 Å². The molecular formula is C33H32FN3O7S. The molecule has 0 unspecified atom stereocenters. The van der Waals surface area contributed by atoms with Crippen molar-refractivity contribution in [2.75, 3.05) is 25.0 Å². The predicted molar refractivity (Wildman–Crippen MR) is 161 cm³/mol. The third-order valence-electron chi connectivity index (χ3n) is 9.88. The SMILES string of the molecule is CCOC(=O)OCOc1c2n(ccc1=O)N([C@@H]1c3ccccc3SCc3cccc(F)c31)[C@@H]1[C@H]3C[C@@H]4CC[C@@]3(CCN1C2=O)O4. The number of hydrogen-bond acceptors (Lipinski definition) is 9. The minimum absolute atomic E-state index is 0.00139. The third-order valence-corrected chi connectivity index (χ3v) is 11.0. The Morgan fingerprint density at radius 3 is 2.82 bits per heavy atom. The Morgan fingerprint density at radius 1 is 1.11 bits per heavy atom. The second kappa shape index (κ2) is 10.8. The maximum Gasteiger partial charge on any atom is 0.511 e. The predicted octanol–water partition coefficient (Wildman–Crippen LogP) is 4.95. The van der Waals surface area contributed by atoms with Gasteiger partial charge in [-0.05, 0) is 55.9 Å². The Hall–Kier alpha value is -4.03. The van der Waals surface area contributed by atoms with Crippen molar-refractivity contribution in [1.29, 1.82) is 0 Å². The summed E-state index contributed by atoms with van der Waals surface area (Å²) in [6, 6.07) is 13.8. The summed E-state index contributed by atoms with van der Waals surface area (Å²) in [5.41, 5.74) is 1.39. The quantitative estimate of drug-likeness (QED) is 0.285. The van der Waals surface area contributed by atoms with Crippen LogP contribution in [0.25, 0.3) is 0 Å². The van der Waals surface area contributed by atoms with Gasteiger partial charge in [0.25, 0.3) is 5.91 Å². The number of halogens is 1. The molecule has 0 saturated carbocycles. The van der Waals surface area contributed by atoms with Gasteiger partial charge < -0.3 is 23.8 Å². The van der Waals surface area contributed by atoms with Crippen LogP contribution in [-0.4, -0.2) is 59.5 Å². The van der Waals surface area contributed by atoms with Gasteiger partial charge >= 0.3 is 6.16 Å². The molecule has 3 aromatic rings. The average molecular weight is 634 g/mol. The van der Waals surface area contributed by atoms with E-state index in [0.29, 0.717) is 24.3 Å². The van der Waals surface area contributed by atoms with Crippen molar-refractivity contribution >= 4 is 23.8 Å². The Kier molecular flexibility index (Phi) is 6.83. The zero-order valence-corrected chi connectivity index (χ0v) is 25.5. The fourth-order valence-electron chi connectivity index (χ4n) is 8.07. The van der Waals surface area contributed by atoms with Gasteiger partial charge in [0, 0.05) is 40.9 Å². The van der Waals surface area contributed by atoms with Crippen LogP contribution in [0.4, 0.5) is 9.18 Å². The number of aromatic nitrogens is 1. The van der Waals surface area contributed by atoms with Gasteiger partial charge in [0.15, 0.2) is 5.69 Å². The summed E-state index contributed by atoms with van der Waals surface area (Å²) >= 11 is 1.65. The minimum Gasteiger partial charge on any atom is -0.451 e. The van der Waals surface area contributed by atoms with E-state index in [2.05, 4.69) is 5.01 Å². The van der Waals surface area contributed by atoms with Gasteiger partial charge in [-0.25, -0.2) is 9.18 Å². The number of ether oxygens (including phenoxy) is 4. The average Bonchev–Trinajstić information content (AvgIpc) is 3.57. The molecule has 3 fully saturated rings. The summed E-state index contributed by atoms with van der Waals surface area (Å²) in [5.74, 6) is -0.407. The van der Waals surface area contributed by atoms with Gasteiger partial charge in [0.05, 0.1) is 18.3 Å². The van der Waals surface area contributed by atoms with Crippen LogP contribution < -0.4 is 15.2 Å². The number of benzene rings is 2. The molecule has 45 heavy (non-hydrogen) atoms. The topological polar surface area (TPSA) is 99.5 Å². The number of pyridine rings is 1. The molecule has 1 aromatic heterocycles. The molecule has 2 bridgehead atoms. The first kappa shape index (κ1) is 28.4. The molecule has 2 aromatic carbocycles. The number of rotatable bonds is 5. The van der Waals surface area contributed by atoms with E-state index in [-0.39, 0.29) is 47.4 Å². The largest absolute Gasteiger partial charge is 0.511 e. The van der Waals surface area contributed by atoms with E-state index in [1.807, 2.05) is 30.3 Å². The molecule has 0 radical (unpaired) electrons. The first-order chi connectivity index (χ1) is 21.9. The van der Waals surface area contributed by atoms with Crippen LogP contribution in [0.2, 0.25) is 0 Å². The Morgan fingerprint density at radius 2 is 1.98 bits per heavy atom. The van der Waals surface area contributed by atoms with E-state index in [0.717, 1.165) is 35.3 Å². The summed E-state index contributed by atoms with van der Waals surface area (Å²) in [6.07, 6.45) is 3.60. The first-order valence-electron chi connectivity index (χ1n) is 15.3. The highest BCUT2D eigenvalue weighted by molar-refractivity contribution is 7.98. The van der Waals surface area contributed by atoms with Crippen molar-refractivity contribution in [3.8, 4) is 5.75 Å². The van der Waals surface area contributed by atoms with Crippen LogP contribution in [0.1, 0.15) is 65.8 Å². The molecule has 5 atom stereocenters. The Labute approximate surface area is 263 Å². The summed E-state index contributed by atoms with van der Waals surface area (Å²) in [4.78, 5) is 42.4. The molecule has 234 valence electrons. The highest BCUT2D eigenvalue weighted by Crippen LogP contribution is 2.57. The second-order valence-corrected chi connectivity index (χ2v) is 13.1. The smallest absolute Gasteiger partial charge is 0.451 e. The van der Waals surface area contributed by atoms with Crippen molar-refractivity contribution in [3.63, 3.8) is 0 Å². The van der Waals surface area contributed by atoms with Gasteiger partial charge in [-0.2, -0.15) is 0 Å². The molecule has 5 aliphatic rings. The summed E-state index contributed by atoms with van der Waals surface area (Å²) in [5, 5.41) is 2.07. The van der Waals surface area contributed by atoms with Crippen LogP contribution in [0.5, 0.6) is 5.75 Å². The summed E-state index contributed by atoms with van der Waals surface area (Å²) < 4.78 is 40.0. The lowest BCUT2D eigenvalue weighted by atomic mass is 9.71. The summed E-state index contributed by atoms with van der Waals surface area (Å²) in [6.45, 7) is 1.53. The molecule has 1 amide bonds. The molecule has 3 saturated heterocycles. The number of carbonyl (C=O) groups excluding carboxylic acids is 2. The molecule has 10 nitrogen and oxygen atoms in total. The van der Waals surface area contributed by atoms with Crippen molar-refractivity contribution in [3.05, 3.63) is 93.2 Å². The van der Waals surface area contributed by atoms with Gasteiger partial charge in [0.1, 0.15) is 18.0 Å². The fourth-order valence-corrected chi connectivity index (χ4v) is 9.16. The summed E-state index contributed by atoms with van der Waals surface area (Å²) in [7, 11) is 0. The minimum atomic E-state index is -0.951. The standard InChI is InChI=1S/C33H32FN3O7S/c1-2-41-32(40)43-18-42-29-24(38)11-14-36-28(29)31(39)35-15-13-33-12-10-20(44-33)16-22(33)30(35)37(36)27-21-7-3-4-9-25(21)45-17-19-6-5-8-23(34)26(19)27/h3-9,11,14,20,22,27,30H,2,10,12-13,15-18H2,1H3/t20-,22+,27+,30+,33-/m0/s1. The highest BCUT2D eigenvalue weighted by Gasteiger charge is 2.63. The second-order valence-electron chi connectivity index (χ2n) is 12.1. The normalized spacial score (nSPS) is 27.5. The van der Waals surface area contributed by atoms with Crippen LogP contribution in [0, 0.1) is 11.7 Å². The lowest BCUT2D eigenvalue weighted by molar-refractivity contribution is -0.0758. The van der Waals surface area contributed by atoms with E-state index in [9.17, 15) is 14.4 Å². The molecule has 12 heteroatoms. The van der Waals surface area contributed by atoms with Crippen molar-refractivity contribution in [2.45, 2.75) is 67.2 Å². The van der Waals surface area contributed by atoms with Gasteiger partial charge in [-0.1, -0.05) is 30.3 Å². The molecule has 0 N–H and O–H groups in total. The zero-order valence-electron chi connectivity index (χ0n) is 24.6. The molecule has 8 rings (SSSR count). The molecular weight excluding hydrogens is 601 g/mol. The van der Waals surface area contributed by atoms with E-state index < -0.39 is 30.6 Å². The highest BCUT2D eigenvalue weighted by atomic mass is 32.2. The Balaban J connectivity index is 1.34. The number of nitrogens with zero attached hydrogens (tertiary/aromatic N) is 3. The van der Waals surface area contributed by atoms with Crippen LogP contribution in [-0.2, 0) is 20.0 Å². The molecule has 5 aliphatic heterocycles. The lowest BCUT2D eigenvalue weighted by Crippen LogP contribution is -2.70.